The first-order valence-corrected chi connectivity index (χ1v) is 8.25. The van der Waals surface area contributed by atoms with Crippen LogP contribution in [-0.2, 0) is 0 Å². The maximum atomic E-state index is 12.4. The first kappa shape index (κ1) is 17.0. The lowest BCUT2D eigenvalue weighted by Crippen LogP contribution is -2.50. The van der Waals surface area contributed by atoms with Gasteiger partial charge in [-0.1, -0.05) is 17.7 Å². The van der Waals surface area contributed by atoms with Crippen LogP contribution in [0.4, 0.5) is 16.4 Å². The number of nitrogens with one attached hydrogen (secondary N) is 1. The summed E-state index contributed by atoms with van der Waals surface area (Å²) >= 11 is 5.93. The van der Waals surface area contributed by atoms with Crippen LogP contribution < -0.4 is 10.2 Å². The first-order valence-electron chi connectivity index (χ1n) is 7.87. The smallest absolute Gasteiger partial charge is 0.321 e. The standard InChI is InChI=1S/C17H17ClN6O/c1-12-9-15(11-19)21-16(20-12)23-5-7-24(8-6-23)17(25)22-14-4-2-3-13(18)10-14/h2-4,9-10H,5-8H2,1H3,(H,22,25). The van der Waals surface area contributed by atoms with Gasteiger partial charge in [0, 0.05) is 42.6 Å². The number of aromatic nitrogens is 2. The second-order valence-electron chi connectivity index (χ2n) is 5.72. The van der Waals surface area contributed by atoms with Crippen LogP contribution in [0.1, 0.15) is 11.4 Å². The van der Waals surface area contributed by atoms with Gasteiger partial charge in [0.2, 0.25) is 5.95 Å². The van der Waals surface area contributed by atoms with E-state index in [2.05, 4.69) is 15.3 Å². The molecule has 2 amide bonds. The van der Waals surface area contributed by atoms with E-state index in [1.165, 1.54) is 0 Å². The Labute approximate surface area is 150 Å². The van der Waals surface area contributed by atoms with Gasteiger partial charge in [-0.25, -0.2) is 14.8 Å². The Balaban J connectivity index is 1.61. The van der Waals surface area contributed by atoms with E-state index in [0.29, 0.717) is 48.5 Å². The van der Waals surface area contributed by atoms with Crippen LogP contribution in [0.2, 0.25) is 5.02 Å². The molecule has 3 rings (SSSR count). The van der Waals surface area contributed by atoms with Gasteiger partial charge < -0.3 is 15.1 Å². The molecule has 1 aliphatic heterocycles. The third-order valence-corrected chi connectivity index (χ3v) is 4.12. The summed E-state index contributed by atoms with van der Waals surface area (Å²) in [6.07, 6.45) is 0. The number of hydrogen-bond donors (Lipinski definition) is 1. The first-order chi connectivity index (χ1) is 12.0. The van der Waals surface area contributed by atoms with Crippen LogP contribution in [0, 0.1) is 18.3 Å². The maximum absolute atomic E-state index is 12.4. The molecule has 0 spiro atoms. The van der Waals surface area contributed by atoms with Crippen LogP contribution in [0.25, 0.3) is 0 Å². The molecular formula is C17H17ClN6O. The molecule has 1 aromatic heterocycles. The summed E-state index contributed by atoms with van der Waals surface area (Å²) in [5.41, 5.74) is 1.77. The lowest BCUT2D eigenvalue weighted by molar-refractivity contribution is 0.208. The van der Waals surface area contributed by atoms with Gasteiger partial charge in [0.25, 0.3) is 0 Å². The Hall–Kier alpha value is -2.85. The number of nitrogens with zero attached hydrogens (tertiary/aromatic N) is 5. The summed E-state index contributed by atoms with van der Waals surface area (Å²) in [7, 11) is 0. The quantitative estimate of drug-likeness (QED) is 0.894. The highest BCUT2D eigenvalue weighted by Crippen LogP contribution is 2.17. The van der Waals surface area contributed by atoms with Crippen molar-refractivity contribution in [1.29, 1.82) is 5.26 Å². The van der Waals surface area contributed by atoms with Gasteiger partial charge in [-0.15, -0.1) is 0 Å². The highest BCUT2D eigenvalue weighted by Gasteiger charge is 2.23. The molecule has 1 aromatic carbocycles. The Morgan fingerprint density at radius 3 is 2.68 bits per heavy atom. The minimum Gasteiger partial charge on any atom is -0.337 e. The number of carbonyl (C=O) groups is 1. The summed E-state index contributed by atoms with van der Waals surface area (Å²) in [4.78, 5) is 24.7. The Morgan fingerprint density at radius 2 is 2.00 bits per heavy atom. The molecule has 0 radical (unpaired) electrons. The molecule has 1 aliphatic rings. The molecule has 25 heavy (non-hydrogen) atoms. The van der Waals surface area contributed by atoms with E-state index in [4.69, 9.17) is 16.9 Å². The van der Waals surface area contributed by atoms with E-state index in [9.17, 15) is 4.79 Å². The average molecular weight is 357 g/mol. The van der Waals surface area contributed by atoms with E-state index in [1.54, 1.807) is 35.2 Å². The normalized spacial score (nSPS) is 14.1. The lowest BCUT2D eigenvalue weighted by Gasteiger charge is -2.34. The van der Waals surface area contributed by atoms with Gasteiger partial charge in [0.15, 0.2) is 0 Å². The molecule has 0 bridgehead atoms. The van der Waals surface area contributed by atoms with Crippen molar-refractivity contribution in [2.75, 3.05) is 36.4 Å². The Morgan fingerprint density at radius 1 is 1.24 bits per heavy atom. The number of carbonyl (C=O) groups excluding carboxylic acids is 1. The van der Waals surface area contributed by atoms with Crippen molar-refractivity contribution in [1.82, 2.24) is 14.9 Å². The predicted octanol–water partition coefficient (Wildman–Crippen LogP) is 2.66. The molecule has 0 saturated carbocycles. The van der Waals surface area contributed by atoms with Gasteiger partial charge in [-0.05, 0) is 31.2 Å². The minimum atomic E-state index is -0.162. The molecule has 1 fully saturated rings. The minimum absolute atomic E-state index is 0.162. The number of aryl methyl sites for hydroxylation is 1. The van der Waals surface area contributed by atoms with Gasteiger partial charge in [-0.3, -0.25) is 0 Å². The number of urea groups is 1. The zero-order valence-corrected chi connectivity index (χ0v) is 14.5. The summed E-state index contributed by atoms with van der Waals surface area (Å²) in [6, 6.07) is 10.6. The van der Waals surface area contributed by atoms with E-state index in [0.717, 1.165) is 5.69 Å². The zero-order valence-electron chi connectivity index (χ0n) is 13.7. The van der Waals surface area contributed by atoms with E-state index < -0.39 is 0 Å². The Bertz CT molecular complexity index is 826. The highest BCUT2D eigenvalue weighted by atomic mass is 35.5. The van der Waals surface area contributed by atoms with Crippen LogP contribution in [0.15, 0.2) is 30.3 Å². The average Bonchev–Trinajstić information content (AvgIpc) is 2.61. The third-order valence-electron chi connectivity index (χ3n) is 3.88. The molecule has 8 heteroatoms. The van der Waals surface area contributed by atoms with E-state index >= 15 is 0 Å². The van der Waals surface area contributed by atoms with Crippen molar-refractivity contribution < 1.29 is 4.79 Å². The fraction of sp³-hybridized carbons (Fsp3) is 0.294. The molecule has 1 saturated heterocycles. The third kappa shape index (κ3) is 4.17. The Kier molecular flexibility index (Phi) is 5.00. The highest BCUT2D eigenvalue weighted by molar-refractivity contribution is 6.30. The van der Waals surface area contributed by atoms with E-state index in [-0.39, 0.29) is 6.03 Å². The van der Waals surface area contributed by atoms with Gasteiger partial charge in [-0.2, -0.15) is 5.26 Å². The second-order valence-corrected chi connectivity index (χ2v) is 6.16. The number of halogens is 1. The number of piperazine rings is 1. The zero-order chi connectivity index (χ0) is 17.8. The van der Waals surface area contributed by atoms with E-state index in [1.807, 2.05) is 17.9 Å². The van der Waals surface area contributed by atoms with Gasteiger partial charge in [0.1, 0.15) is 11.8 Å². The number of nitriles is 1. The van der Waals surface area contributed by atoms with Crippen LogP contribution in [0.3, 0.4) is 0 Å². The molecule has 7 nitrogen and oxygen atoms in total. The van der Waals surface area contributed by atoms with Crippen LogP contribution >= 0.6 is 11.6 Å². The number of rotatable bonds is 2. The van der Waals surface area contributed by atoms with Crippen LogP contribution in [-0.4, -0.2) is 47.1 Å². The largest absolute Gasteiger partial charge is 0.337 e. The summed E-state index contributed by atoms with van der Waals surface area (Å²) in [5, 5.41) is 12.5. The summed E-state index contributed by atoms with van der Waals surface area (Å²) in [6.45, 7) is 4.15. The fourth-order valence-electron chi connectivity index (χ4n) is 2.63. The van der Waals surface area contributed by atoms with Crippen molar-refractivity contribution in [2.45, 2.75) is 6.92 Å². The monoisotopic (exact) mass is 356 g/mol. The molecule has 0 atom stereocenters. The number of hydrogen-bond acceptors (Lipinski definition) is 5. The van der Waals surface area contributed by atoms with Crippen LogP contribution in [0.5, 0.6) is 0 Å². The molecular weight excluding hydrogens is 340 g/mol. The van der Waals surface area contributed by atoms with Gasteiger partial charge >= 0.3 is 6.03 Å². The van der Waals surface area contributed by atoms with Crippen molar-refractivity contribution in [3.05, 3.63) is 46.7 Å². The van der Waals surface area contributed by atoms with Gasteiger partial charge in [0.05, 0.1) is 0 Å². The number of anilines is 2. The summed E-state index contributed by atoms with van der Waals surface area (Å²) in [5.74, 6) is 0.534. The fourth-order valence-corrected chi connectivity index (χ4v) is 2.82. The SMILES string of the molecule is Cc1cc(C#N)nc(N2CCN(C(=O)Nc3cccc(Cl)c3)CC2)n1. The predicted molar refractivity (Wildman–Crippen MR) is 95.7 cm³/mol. The van der Waals surface area contributed by atoms with Crippen molar-refractivity contribution in [2.24, 2.45) is 0 Å². The molecule has 0 aliphatic carbocycles. The number of benzene rings is 1. The van der Waals surface area contributed by atoms with Crippen molar-refractivity contribution >= 4 is 29.3 Å². The second kappa shape index (κ2) is 7.36. The molecule has 1 N–H and O–H groups in total. The van der Waals surface area contributed by atoms with Crippen molar-refractivity contribution in [3.8, 4) is 6.07 Å². The molecule has 2 heterocycles. The number of amides is 2. The maximum Gasteiger partial charge on any atom is 0.321 e. The van der Waals surface area contributed by atoms with Crippen molar-refractivity contribution in [3.63, 3.8) is 0 Å². The molecule has 128 valence electrons. The summed E-state index contributed by atoms with van der Waals surface area (Å²) < 4.78 is 0. The molecule has 2 aromatic rings. The molecule has 0 unspecified atom stereocenters. The lowest BCUT2D eigenvalue weighted by atomic mass is 10.3. The topological polar surface area (TPSA) is 85.2 Å².